The van der Waals surface area contributed by atoms with Gasteiger partial charge < -0.3 is 35.2 Å². The van der Waals surface area contributed by atoms with Crippen LogP contribution >= 0.6 is 0 Å². The van der Waals surface area contributed by atoms with E-state index in [0.29, 0.717) is 43.9 Å². The number of carbonyl (C=O) groups excluding carboxylic acids is 4. The van der Waals surface area contributed by atoms with E-state index in [1.165, 1.54) is 7.11 Å². The van der Waals surface area contributed by atoms with Crippen molar-refractivity contribution in [3.63, 3.8) is 0 Å². The standard InChI is InChI=1S/C27H41N5O6/c1-18(2)28-12-14-31(6)24(34)19-9-10-21-20(15-19)17-32(25(35)22(30-21)16-23(33)37-7)13-8-11-29-26(36)38-27(3,4)5/h9-10,15,22,28,30H,1,8,11-14,16-17H2,2-7H3,(H,29,36)/t22-/m0/s1. The van der Waals surface area contributed by atoms with Crippen LogP contribution in [0, 0.1) is 0 Å². The van der Waals surface area contributed by atoms with E-state index in [9.17, 15) is 19.2 Å². The lowest BCUT2D eigenvalue weighted by molar-refractivity contribution is -0.144. The molecule has 0 unspecified atom stereocenters. The maximum Gasteiger partial charge on any atom is 0.407 e. The van der Waals surface area contributed by atoms with E-state index in [1.54, 1.807) is 55.8 Å². The van der Waals surface area contributed by atoms with Crippen molar-refractivity contribution in [2.75, 3.05) is 45.7 Å². The van der Waals surface area contributed by atoms with Crippen molar-refractivity contribution in [3.05, 3.63) is 41.6 Å². The summed E-state index contributed by atoms with van der Waals surface area (Å²) in [4.78, 5) is 53.5. The Morgan fingerprint density at radius 2 is 1.92 bits per heavy atom. The first-order valence-corrected chi connectivity index (χ1v) is 12.7. The average molecular weight is 532 g/mol. The lowest BCUT2D eigenvalue weighted by Gasteiger charge is -2.24. The van der Waals surface area contributed by atoms with Crippen LogP contribution in [0.1, 0.15) is 56.5 Å². The lowest BCUT2D eigenvalue weighted by Crippen LogP contribution is -2.43. The molecule has 1 aromatic carbocycles. The highest BCUT2D eigenvalue weighted by atomic mass is 16.6. The van der Waals surface area contributed by atoms with Gasteiger partial charge in [-0.1, -0.05) is 6.58 Å². The van der Waals surface area contributed by atoms with Gasteiger partial charge in [-0.25, -0.2) is 4.79 Å². The van der Waals surface area contributed by atoms with Gasteiger partial charge in [-0.2, -0.15) is 0 Å². The second kappa shape index (κ2) is 13.7. The largest absolute Gasteiger partial charge is 0.469 e. The number of rotatable bonds is 11. The van der Waals surface area contributed by atoms with Gasteiger partial charge in [-0.3, -0.25) is 14.4 Å². The number of benzene rings is 1. The van der Waals surface area contributed by atoms with Gasteiger partial charge in [0, 0.05) is 56.7 Å². The minimum Gasteiger partial charge on any atom is -0.469 e. The molecule has 0 fully saturated rings. The van der Waals surface area contributed by atoms with E-state index in [-0.39, 0.29) is 24.8 Å². The second-order valence-electron chi connectivity index (χ2n) is 10.3. The maximum absolute atomic E-state index is 13.3. The first kappa shape index (κ1) is 30.5. The van der Waals surface area contributed by atoms with E-state index in [2.05, 4.69) is 22.5 Å². The summed E-state index contributed by atoms with van der Waals surface area (Å²) in [5.74, 6) is -0.923. The average Bonchev–Trinajstić information content (AvgIpc) is 2.95. The molecule has 1 aliphatic rings. The number of carbonyl (C=O) groups is 4. The number of hydrogen-bond acceptors (Lipinski definition) is 8. The van der Waals surface area contributed by atoms with Crippen LogP contribution in [0.25, 0.3) is 0 Å². The fourth-order valence-corrected chi connectivity index (χ4v) is 3.86. The van der Waals surface area contributed by atoms with Crippen molar-refractivity contribution in [2.45, 2.75) is 58.7 Å². The van der Waals surface area contributed by atoms with E-state index in [0.717, 1.165) is 11.3 Å². The molecule has 0 spiro atoms. The number of allylic oxidation sites excluding steroid dienone is 1. The normalized spacial score (nSPS) is 14.9. The van der Waals surface area contributed by atoms with E-state index < -0.39 is 23.7 Å². The van der Waals surface area contributed by atoms with Crippen molar-refractivity contribution in [3.8, 4) is 0 Å². The number of nitrogens with zero attached hydrogens (tertiary/aromatic N) is 2. The third kappa shape index (κ3) is 9.60. The summed E-state index contributed by atoms with van der Waals surface area (Å²) in [6.45, 7) is 13.0. The van der Waals surface area contributed by atoms with E-state index in [1.807, 2.05) is 6.92 Å². The number of esters is 1. The molecule has 0 aliphatic carbocycles. The quantitative estimate of drug-likeness (QED) is 0.293. The molecule has 38 heavy (non-hydrogen) atoms. The molecule has 3 amide bonds. The van der Waals surface area contributed by atoms with Crippen molar-refractivity contribution < 1.29 is 28.7 Å². The summed E-state index contributed by atoms with van der Waals surface area (Å²) >= 11 is 0. The Morgan fingerprint density at radius 1 is 1.21 bits per heavy atom. The Morgan fingerprint density at radius 3 is 2.55 bits per heavy atom. The molecule has 1 heterocycles. The fraction of sp³-hybridized carbons (Fsp3) is 0.556. The zero-order chi connectivity index (χ0) is 28.5. The molecule has 210 valence electrons. The van der Waals surface area contributed by atoms with Crippen molar-refractivity contribution in [1.82, 2.24) is 20.4 Å². The molecule has 11 nitrogen and oxygen atoms in total. The number of anilines is 1. The van der Waals surface area contributed by atoms with Gasteiger partial charge in [0.1, 0.15) is 11.6 Å². The van der Waals surface area contributed by atoms with Gasteiger partial charge in [0.05, 0.1) is 13.5 Å². The summed E-state index contributed by atoms with van der Waals surface area (Å²) in [5, 5.41) is 8.95. The lowest BCUT2D eigenvalue weighted by atomic mass is 10.1. The van der Waals surface area contributed by atoms with Crippen molar-refractivity contribution in [1.29, 1.82) is 0 Å². The molecule has 2 rings (SSSR count). The van der Waals surface area contributed by atoms with Gasteiger partial charge in [0.25, 0.3) is 5.91 Å². The summed E-state index contributed by atoms with van der Waals surface area (Å²) in [6.07, 6.45) is -0.191. The summed E-state index contributed by atoms with van der Waals surface area (Å²) in [5.41, 5.74) is 2.14. The number of nitrogens with one attached hydrogen (secondary N) is 3. The molecule has 11 heteroatoms. The van der Waals surface area contributed by atoms with Gasteiger partial charge in [-0.15, -0.1) is 0 Å². The van der Waals surface area contributed by atoms with Crippen LogP contribution < -0.4 is 16.0 Å². The Kier molecular flexibility index (Phi) is 11.0. The Labute approximate surface area is 224 Å². The highest BCUT2D eigenvalue weighted by Gasteiger charge is 2.31. The number of amides is 3. The first-order chi connectivity index (χ1) is 17.8. The minimum absolute atomic E-state index is 0.138. The topological polar surface area (TPSA) is 129 Å². The van der Waals surface area contributed by atoms with Gasteiger partial charge in [0.15, 0.2) is 0 Å². The SMILES string of the molecule is C=C(C)NCCN(C)C(=O)c1ccc2c(c1)CN(CCCNC(=O)OC(C)(C)C)C(=O)[C@H](CC(=O)OC)N2. The Balaban J connectivity index is 2.16. The van der Waals surface area contributed by atoms with Crippen LogP contribution in [-0.4, -0.2) is 85.7 Å². The summed E-state index contributed by atoms with van der Waals surface area (Å²) < 4.78 is 10.0. The third-order valence-corrected chi connectivity index (χ3v) is 5.75. The van der Waals surface area contributed by atoms with E-state index in [4.69, 9.17) is 9.47 Å². The second-order valence-corrected chi connectivity index (χ2v) is 10.3. The van der Waals surface area contributed by atoms with Gasteiger partial charge >= 0.3 is 12.1 Å². The zero-order valence-corrected chi connectivity index (χ0v) is 23.3. The number of methoxy groups -OCH3 is 1. The monoisotopic (exact) mass is 531 g/mol. The molecule has 0 saturated carbocycles. The minimum atomic E-state index is -0.819. The number of fused-ring (bicyclic) bond motifs is 1. The molecular weight excluding hydrogens is 490 g/mol. The Hall–Kier alpha value is -3.76. The molecular formula is C27H41N5O6. The Bertz CT molecular complexity index is 1040. The molecule has 0 saturated heterocycles. The van der Waals surface area contributed by atoms with Crippen LogP contribution in [0.15, 0.2) is 30.5 Å². The van der Waals surface area contributed by atoms with Gasteiger partial charge in [-0.05, 0) is 57.9 Å². The van der Waals surface area contributed by atoms with Crippen LogP contribution in [0.2, 0.25) is 0 Å². The van der Waals surface area contributed by atoms with Gasteiger partial charge in [0.2, 0.25) is 5.91 Å². The fourth-order valence-electron chi connectivity index (χ4n) is 3.86. The molecule has 0 aromatic heterocycles. The predicted octanol–water partition coefficient (Wildman–Crippen LogP) is 2.48. The van der Waals surface area contributed by atoms with Crippen LogP contribution in [0.5, 0.6) is 0 Å². The highest BCUT2D eigenvalue weighted by Crippen LogP contribution is 2.26. The van der Waals surface area contributed by atoms with Crippen molar-refractivity contribution >= 4 is 29.6 Å². The number of ether oxygens (including phenoxy) is 2. The molecule has 3 N–H and O–H groups in total. The molecule has 1 atom stereocenters. The number of hydrogen-bond donors (Lipinski definition) is 3. The zero-order valence-electron chi connectivity index (χ0n) is 23.3. The molecule has 1 aliphatic heterocycles. The summed E-state index contributed by atoms with van der Waals surface area (Å²) in [6, 6.07) is 4.41. The maximum atomic E-state index is 13.3. The van der Waals surface area contributed by atoms with Crippen LogP contribution in [-0.2, 0) is 25.6 Å². The molecule has 1 aromatic rings. The van der Waals surface area contributed by atoms with Crippen LogP contribution in [0.3, 0.4) is 0 Å². The smallest absolute Gasteiger partial charge is 0.407 e. The molecule has 0 bridgehead atoms. The third-order valence-electron chi connectivity index (χ3n) is 5.75. The predicted molar refractivity (Wildman–Crippen MR) is 145 cm³/mol. The molecule has 0 radical (unpaired) electrons. The van der Waals surface area contributed by atoms with Crippen LogP contribution in [0.4, 0.5) is 10.5 Å². The first-order valence-electron chi connectivity index (χ1n) is 12.7. The van der Waals surface area contributed by atoms with Crippen molar-refractivity contribution in [2.24, 2.45) is 0 Å². The summed E-state index contributed by atoms with van der Waals surface area (Å²) in [7, 11) is 3.00. The number of likely N-dealkylation sites (N-methyl/N-ethyl adjacent to an activating group) is 1. The number of alkyl carbamates (subject to hydrolysis) is 1. The van der Waals surface area contributed by atoms with E-state index >= 15 is 0 Å². The highest BCUT2D eigenvalue weighted by molar-refractivity contribution is 5.95.